The fourth-order valence-corrected chi connectivity index (χ4v) is 5.06. The summed E-state index contributed by atoms with van der Waals surface area (Å²) in [6.07, 6.45) is 2.89. The summed E-state index contributed by atoms with van der Waals surface area (Å²) >= 11 is 8.23. The molecule has 1 saturated heterocycles. The summed E-state index contributed by atoms with van der Waals surface area (Å²) in [6.45, 7) is 3.40. The number of carbonyl (C=O) groups excluding carboxylic acids is 1. The van der Waals surface area contributed by atoms with Gasteiger partial charge in [-0.2, -0.15) is 5.10 Å². The van der Waals surface area contributed by atoms with Crippen LogP contribution in [0.5, 0.6) is 0 Å². The Labute approximate surface area is 190 Å². The SMILES string of the molecule is Cc1nn(-c2ccccc2)c(Cl)c1CSc1nnc(CCC(N)=O)n1CC1CCCO1. The standard InChI is InChI=1S/C21H25ClN6O2S/c1-14-17(20(22)28(26-14)15-6-3-2-4-7-15)13-31-21-25-24-19(10-9-18(23)29)27(21)12-16-8-5-11-30-16/h2-4,6-7,16H,5,8-13H2,1H3,(H2,23,29). The van der Waals surface area contributed by atoms with Crippen LogP contribution < -0.4 is 5.73 Å². The lowest BCUT2D eigenvalue weighted by molar-refractivity contribution is -0.118. The Morgan fingerprint density at radius 1 is 1.32 bits per heavy atom. The number of carbonyl (C=O) groups is 1. The van der Waals surface area contributed by atoms with Crippen LogP contribution in [0.15, 0.2) is 35.5 Å². The van der Waals surface area contributed by atoms with E-state index in [0.717, 1.165) is 47.4 Å². The number of para-hydroxylation sites is 1. The maximum atomic E-state index is 11.3. The third-order valence-electron chi connectivity index (χ3n) is 5.27. The zero-order valence-corrected chi connectivity index (χ0v) is 18.9. The molecule has 1 amide bonds. The summed E-state index contributed by atoms with van der Waals surface area (Å²) in [7, 11) is 0. The first-order chi connectivity index (χ1) is 15.0. The predicted molar refractivity (Wildman–Crippen MR) is 119 cm³/mol. The molecule has 1 unspecified atom stereocenters. The number of primary amides is 1. The molecule has 4 rings (SSSR count). The normalized spacial score (nSPS) is 16.1. The lowest BCUT2D eigenvalue weighted by Crippen LogP contribution is -2.19. The van der Waals surface area contributed by atoms with Crippen LogP contribution in [0, 0.1) is 6.92 Å². The van der Waals surface area contributed by atoms with Gasteiger partial charge in [0.25, 0.3) is 0 Å². The summed E-state index contributed by atoms with van der Waals surface area (Å²) in [4.78, 5) is 11.3. The fourth-order valence-electron chi connectivity index (χ4n) is 3.59. The molecule has 2 aromatic heterocycles. The number of amides is 1. The van der Waals surface area contributed by atoms with Gasteiger partial charge in [0.1, 0.15) is 11.0 Å². The van der Waals surface area contributed by atoms with Crippen LogP contribution in [-0.2, 0) is 28.2 Å². The third-order valence-corrected chi connectivity index (χ3v) is 6.65. The van der Waals surface area contributed by atoms with Gasteiger partial charge >= 0.3 is 0 Å². The quantitative estimate of drug-likeness (QED) is 0.491. The van der Waals surface area contributed by atoms with Crippen LogP contribution in [-0.4, -0.2) is 43.2 Å². The minimum atomic E-state index is -0.350. The number of aryl methyl sites for hydroxylation is 2. The average molecular weight is 461 g/mol. The maximum Gasteiger partial charge on any atom is 0.217 e. The molecular formula is C21H25ClN6O2S. The zero-order valence-electron chi connectivity index (χ0n) is 17.3. The van der Waals surface area contributed by atoms with Crippen molar-refractivity contribution in [3.05, 3.63) is 52.6 Å². The van der Waals surface area contributed by atoms with Crippen molar-refractivity contribution in [2.45, 2.75) is 56.2 Å². The van der Waals surface area contributed by atoms with Gasteiger partial charge in [0, 0.05) is 30.8 Å². The first kappa shape index (κ1) is 21.9. The Kier molecular flexibility index (Phi) is 6.94. The van der Waals surface area contributed by atoms with E-state index < -0.39 is 0 Å². The first-order valence-electron chi connectivity index (χ1n) is 10.3. The van der Waals surface area contributed by atoms with Crippen LogP contribution >= 0.6 is 23.4 Å². The molecule has 3 heterocycles. The number of thioether (sulfide) groups is 1. The molecule has 1 aliphatic rings. The molecule has 0 saturated carbocycles. The smallest absolute Gasteiger partial charge is 0.217 e. The van der Waals surface area contributed by atoms with Gasteiger partial charge in [-0.25, -0.2) is 4.68 Å². The number of ether oxygens (including phenoxy) is 1. The van der Waals surface area contributed by atoms with Crippen molar-refractivity contribution in [1.82, 2.24) is 24.5 Å². The Morgan fingerprint density at radius 2 is 2.13 bits per heavy atom. The van der Waals surface area contributed by atoms with E-state index in [2.05, 4.69) is 19.9 Å². The first-order valence-corrected chi connectivity index (χ1v) is 11.6. The van der Waals surface area contributed by atoms with Gasteiger partial charge in [0.15, 0.2) is 5.16 Å². The second-order valence-electron chi connectivity index (χ2n) is 7.50. The molecule has 1 aliphatic heterocycles. The van der Waals surface area contributed by atoms with E-state index in [1.165, 1.54) is 0 Å². The molecule has 0 aliphatic carbocycles. The summed E-state index contributed by atoms with van der Waals surface area (Å²) in [5.74, 6) is 1.01. The molecule has 0 bridgehead atoms. The molecule has 31 heavy (non-hydrogen) atoms. The van der Waals surface area contributed by atoms with E-state index in [1.807, 2.05) is 37.3 Å². The highest BCUT2D eigenvalue weighted by atomic mass is 35.5. The topological polar surface area (TPSA) is 101 Å². The summed E-state index contributed by atoms with van der Waals surface area (Å²) in [5.41, 5.74) is 8.08. The van der Waals surface area contributed by atoms with E-state index in [-0.39, 0.29) is 18.4 Å². The van der Waals surface area contributed by atoms with Gasteiger partial charge in [-0.15, -0.1) is 10.2 Å². The molecule has 1 atom stereocenters. The minimum absolute atomic E-state index is 0.133. The lowest BCUT2D eigenvalue weighted by Gasteiger charge is -2.14. The lowest BCUT2D eigenvalue weighted by atomic mass is 10.2. The molecular weight excluding hydrogens is 436 g/mol. The van der Waals surface area contributed by atoms with Crippen LogP contribution in [0.1, 0.15) is 36.3 Å². The van der Waals surface area contributed by atoms with Crippen molar-refractivity contribution in [3.63, 3.8) is 0 Å². The Bertz CT molecular complexity index is 1050. The van der Waals surface area contributed by atoms with Gasteiger partial charge in [0.05, 0.1) is 24.0 Å². The van der Waals surface area contributed by atoms with Gasteiger partial charge in [-0.05, 0) is 31.9 Å². The molecule has 10 heteroatoms. The van der Waals surface area contributed by atoms with Crippen LogP contribution in [0.2, 0.25) is 5.15 Å². The van der Waals surface area contributed by atoms with Crippen molar-refractivity contribution in [2.75, 3.05) is 6.61 Å². The zero-order chi connectivity index (χ0) is 21.8. The van der Waals surface area contributed by atoms with Crippen molar-refractivity contribution in [3.8, 4) is 5.69 Å². The summed E-state index contributed by atoms with van der Waals surface area (Å²) in [5, 5.41) is 14.7. The molecule has 0 radical (unpaired) electrons. The number of benzene rings is 1. The molecule has 0 spiro atoms. The number of halogens is 1. The summed E-state index contributed by atoms with van der Waals surface area (Å²) in [6, 6.07) is 9.81. The van der Waals surface area contributed by atoms with Gasteiger partial charge in [-0.3, -0.25) is 4.79 Å². The van der Waals surface area contributed by atoms with E-state index >= 15 is 0 Å². The van der Waals surface area contributed by atoms with Crippen molar-refractivity contribution in [2.24, 2.45) is 5.73 Å². The predicted octanol–water partition coefficient (Wildman–Crippen LogP) is 3.31. The molecule has 3 aromatic rings. The van der Waals surface area contributed by atoms with Crippen LogP contribution in [0.4, 0.5) is 0 Å². The highest BCUT2D eigenvalue weighted by molar-refractivity contribution is 7.98. The van der Waals surface area contributed by atoms with Gasteiger partial charge in [-0.1, -0.05) is 41.6 Å². The number of hydrogen-bond donors (Lipinski definition) is 1. The third kappa shape index (κ3) is 5.11. The second-order valence-corrected chi connectivity index (χ2v) is 8.80. The van der Waals surface area contributed by atoms with E-state index in [0.29, 0.717) is 23.9 Å². The number of nitrogens with zero attached hydrogens (tertiary/aromatic N) is 5. The number of rotatable bonds is 9. The van der Waals surface area contributed by atoms with E-state index in [9.17, 15) is 4.79 Å². The van der Waals surface area contributed by atoms with Gasteiger partial charge in [0.2, 0.25) is 5.91 Å². The highest BCUT2D eigenvalue weighted by Crippen LogP contribution is 2.31. The van der Waals surface area contributed by atoms with Crippen LogP contribution in [0.3, 0.4) is 0 Å². The van der Waals surface area contributed by atoms with Gasteiger partial charge < -0.3 is 15.0 Å². The molecule has 8 nitrogen and oxygen atoms in total. The average Bonchev–Trinajstić information content (AvgIpc) is 3.47. The van der Waals surface area contributed by atoms with Crippen molar-refractivity contribution in [1.29, 1.82) is 0 Å². The van der Waals surface area contributed by atoms with Crippen molar-refractivity contribution >= 4 is 29.3 Å². The van der Waals surface area contributed by atoms with Crippen LogP contribution in [0.25, 0.3) is 5.69 Å². The van der Waals surface area contributed by atoms with E-state index in [1.54, 1.807) is 16.4 Å². The molecule has 1 aromatic carbocycles. The monoisotopic (exact) mass is 460 g/mol. The number of aromatic nitrogens is 5. The largest absolute Gasteiger partial charge is 0.376 e. The van der Waals surface area contributed by atoms with Crippen molar-refractivity contribution < 1.29 is 9.53 Å². The fraction of sp³-hybridized carbons (Fsp3) is 0.429. The number of nitrogens with two attached hydrogens (primary N) is 1. The minimum Gasteiger partial charge on any atom is -0.376 e. The second kappa shape index (κ2) is 9.84. The Morgan fingerprint density at radius 3 is 2.84 bits per heavy atom. The summed E-state index contributed by atoms with van der Waals surface area (Å²) < 4.78 is 9.61. The molecule has 164 valence electrons. The molecule has 1 fully saturated rings. The number of hydrogen-bond acceptors (Lipinski definition) is 6. The Hall–Kier alpha value is -2.36. The highest BCUT2D eigenvalue weighted by Gasteiger charge is 2.22. The molecule has 2 N–H and O–H groups in total. The maximum absolute atomic E-state index is 11.3. The van der Waals surface area contributed by atoms with E-state index in [4.69, 9.17) is 22.1 Å². The Balaban J connectivity index is 1.54.